The average molecular weight is 313 g/mol. The summed E-state index contributed by atoms with van der Waals surface area (Å²) in [5.41, 5.74) is 5.14. The van der Waals surface area contributed by atoms with Crippen LogP contribution in [0.1, 0.15) is 40.5 Å². The number of nitrogens with one attached hydrogen (secondary N) is 2. The fourth-order valence-electron chi connectivity index (χ4n) is 3.44. The number of aryl methyl sites for hydroxylation is 3. The number of nitrogens with zero attached hydrogens (tertiary/aromatic N) is 1. The van der Waals surface area contributed by atoms with Gasteiger partial charge in [-0.05, 0) is 37.8 Å². The van der Waals surface area contributed by atoms with Crippen LogP contribution < -0.4 is 5.32 Å². The zero-order chi connectivity index (χ0) is 16.4. The van der Waals surface area contributed by atoms with E-state index >= 15 is 0 Å². The number of benzene rings is 1. The van der Waals surface area contributed by atoms with E-state index in [9.17, 15) is 9.90 Å². The van der Waals surface area contributed by atoms with Gasteiger partial charge in [-0.25, -0.2) is 0 Å². The lowest BCUT2D eigenvalue weighted by Crippen LogP contribution is -2.38. The number of aromatic amines is 1. The molecule has 2 atom stereocenters. The molecule has 23 heavy (non-hydrogen) atoms. The maximum Gasteiger partial charge on any atom is 0.225 e. The second-order valence-electron chi connectivity index (χ2n) is 6.31. The van der Waals surface area contributed by atoms with Gasteiger partial charge in [0.25, 0.3) is 0 Å². The molecule has 5 nitrogen and oxygen atoms in total. The monoisotopic (exact) mass is 313 g/mol. The number of aliphatic hydroxyl groups excluding tert-OH is 1. The van der Waals surface area contributed by atoms with Crippen molar-refractivity contribution in [1.82, 2.24) is 15.5 Å². The molecular weight excluding hydrogens is 290 g/mol. The Kier molecular flexibility index (Phi) is 4.48. The minimum atomic E-state index is -0.120. The Morgan fingerprint density at radius 1 is 1.39 bits per heavy atom. The van der Waals surface area contributed by atoms with Gasteiger partial charge in [0.1, 0.15) is 0 Å². The van der Waals surface area contributed by atoms with Gasteiger partial charge in [0.2, 0.25) is 5.91 Å². The van der Waals surface area contributed by atoms with Gasteiger partial charge in [-0.15, -0.1) is 0 Å². The molecule has 0 unspecified atom stereocenters. The molecule has 1 heterocycles. The average Bonchev–Trinajstić information content (AvgIpc) is 2.87. The Bertz CT molecular complexity index is 689. The van der Waals surface area contributed by atoms with Crippen molar-refractivity contribution < 1.29 is 9.90 Å². The maximum absolute atomic E-state index is 12.5. The summed E-state index contributed by atoms with van der Waals surface area (Å²) in [6.07, 6.45) is 2.15. The quantitative estimate of drug-likeness (QED) is 0.807. The van der Waals surface area contributed by atoms with E-state index in [-0.39, 0.29) is 24.5 Å². The molecule has 1 amide bonds. The minimum Gasteiger partial charge on any atom is -0.396 e. The summed E-state index contributed by atoms with van der Waals surface area (Å²) in [5.74, 6) is 0.0400. The molecule has 1 aromatic heterocycles. The third-order valence-corrected chi connectivity index (χ3v) is 4.82. The number of rotatable bonds is 4. The van der Waals surface area contributed by atoms with Crippen LogP contribution in [0, 0.1) is 19.8 Å². The molecule has 5 heteroatoms. The first-order valence-electron chi connectivity index (χ1n) is 8.08. The molecular formula is C18H23N3O2. The lowest BCUT2D eigenvalue weighted by Gasteiger charge is -2.33. The van der Waals surface area contributed by atoms with E-state index < -0.39 is 0 Å². The van der Waals surface area contributed by atoms with Gasteiger partial charge in [-0.3, -0.25) is 9.89 Å². The first-order chi connectivity index (χ1) is 11.1. The SMILES string of the molecule is Cc1n[nH]c(C)c1CC(=O)N[C@H]1c2ccccc2CC[C@H]1CO. The Morgan fingerprint density at radius 3 is 2.87 bits per heavy atom. The Morgan fingerprint density at radius 2 is 2.17 bits per heavy atom. The first kappa shape index (κ1) is 15.7. The second kappa shape index (κ2) is 6.54. The highest BCUT2D eigenvalue weighted by molar-refractivity contribution is 5.79. The van der Waals surface area contributed by atoms with E-state index in [4.69, 9.17) is 0 Å². The van der Waals surface area contributed by atoms with Gasteiger partial charge in [-0.2, -0.15) is 5.10 Å². The van der Waals surface area contributed by atoms with Gasteiger partial charge in [0.05, 0.1) is 18.2 Å². The molecule has 1 aliphatic carbocycles. The van der Waals surface area contributed by atoms with Crippen molar-refractivity contribution in [2.24, 2.45) is 5.92 Å². The van der Waals surface area contributed by atoms with Gasteiger partial charge < -0.3 is 10.4 Å². The van der Waals surface area contributed by atoms with Crippen molar-refractivity contribution >= 4 is 5.91 Å². The van der Waals surface area contributed by atoms with Gasteiger partial charge in [-0.1, -0.05) is 24.3 Å². The van der Waals surface area contributed by atoms with E-state index in [0.29, 0.717) is 6.42 Å². The summed E-state index contributed by atoms with van der Waals surface area (Å²) in [6, 6.07) is 8.05. The van der Waals surface area contributed by atoms with Gasteiger partial charge in [0.15, 0.2) is 0 Å². The number of carbonyl (C=O) groups is 1. The lowest BCUT2D eigenvalue weighted by molar-refractivity contribution is -0.121. The summed E-state index contributed by atoms with van der Waals surface area (Å²) in [4.78, 5) is 12.5. The molecule has 0 aliphatic heterocycles. The second-order valence-corrected chi connectivity index (χ2v) is 6.31. The first-order valence-corrected chi connectivity index (χ1v) is 8.08. The third-order valence-electron chi connectivity index (χ3n) is 4.82. The zero-order valence-electron chi connectivity index (χ0n) is 13.6. The molecule has 0 saturated heterocycles. The molecule has 0 fully saturated rings. The van der Waals surface area contributed by atoms with E-state index in [2.05, 4.69) is 27.6 Å². The summed E-state index contributed by atoms with van der Waals surface area (Å²) >= 11 is 0. The van der Waals surface area contributed by atoms with Crippen LogP contribution in [0.3, 0.4) is 0 Å². The van der Waals surface area contributed by atoms with E-state index in [1.807, 2.05) is 26.0 Å². The molecule has 0 bridgehead atoms. The number of fused-ring (bicyclic) bond motifs is 1. The van der Waals surface area contributed by atoms with E-state index in [1.165, 1.54) is 5.56 Å². The van der Waals surface area contributed by atoms with Crippen LogP contribution in [-0.4, -0.2) is 27.8 Å². The Hall–Kier alpha value is -2.14. The van der Waals surface area contributed by atoms with Crippen LogP contribution in [0.2, 0.25) is 0 Å². The summed E-state index contributed by atoms with van der Waals surface area (Å²) in [7, 11) is 0. The molecule has 1 aromatic carbocycles. The number of aliphatic hydroxyl groups is 1. The molecule has 3 N–H and O–H groups in total. The van der Waals surface area contributed by atoms with E-state index in [1.54, 1.807) is 0 Å². The lowest BCUT2D eigenvalue weighted by atomic mass is 9.80. The van der Waals surface area contributed by atoms with Crippen molar-refractivity contribution in [2.45, 2.75) is 39.2 Å². The fraction of sp³-hybridized carbons (Fsp3) is 0.444. The van der Waals surface area contributed by atoms with Crippen LogP contribution in [0.4, 0.5) is 0 Å². The van der Waals surface area contributed by atoms with Crippen LogP contribution in [0.5, 0.6) is 0 Å². The number of carbonyl (C=O) groups excluding carboxylic acids is 1. The predicted octanol–water partition coefficient (Wildman–Crippen LogP) is 1.98. The number of amides is 1. The van der Waals surface area contributed by atoms with Crippen molar-refractivity contribution in [2.75, 3.05) is 6.61 Å². The topological polar surface area (TPSA) is 78.0 Å². The maximum atomic E-state index is 12.5. The van der Waals surface area contributed by atoms with E-state index in [0.717, 1.165) is 35.4 Å². The van der Waals surface area contributed by atoms with Crippen LogP contribution in [0.15, 0.2) is 24.3 Å². The number of H-pyrrole nitrogens is 1. The normalized spacial score (nSPS) is 20.1. The summed E-state index contributed by atoms with van der Waals surface area (Å²) < 4.78 is 0. The summed E-state index contributed by atoms with van der Waals surface area (Å²) in [5, 5.41) is 19.9. The van der Waals surface area contributed by atoms with Gasteiger partial charge >= 0.3 is 0 Å². The minimum absolute atomic E-state index is 0.0299. The highest BCUT2D eigenvalue weighted by atomic mass is 16.3. The highest BCUT2D eigenvalue weighted by Gasteiger charge is 2.30. The Labute approximate surface area is 136 Å². The molecule has 0 saturated carbocycles. The summed E-state index contributed by atoms with van der Waals surface area (Å²) in [6.45, 7) is 3.91. The molecule has 0 spiro atoms. The Balaban J connectivity index is 1.79. The highest BCUT2D eigenvalue weighted by Crippen LogP contribution is 2.34. The van der Waals surface area contributed by atoms with Crippen LogP contribution in [0.25, 0.3) is 0 Å². The van der Waals surface area contributed by atoms with Crippen molar-refractivity contribution in [3.8, 4) is 0 Å². The number of aromatic nitrogens is 2. The molecule has 0 radical (unpaired) electrons. The predicted molar refractivity (Wildman–Crippen MR) is 88.0 cm³/mol. The standard InChI is InChI=1S/C18H23N3O2/c1-11-16(12(2)21-20-11)9-17(23)19-18-14(10-22)8-7-13-5-3-4-6-15(13)18/h3-6,14,18,22H,7-10H2,1-2H3,(H,19,23)(H,20,21)/t14-,18+/m0/s1. The van der Waals surface area contributed by atoms with Crippen molar-refractivity contribution in [3.05, 3.63) is 52.3 Å². The third kappa shape index (κ3) is 3.15. The van der Waals surface area contributed by atoms with Crippen LogP contribution in [-0.2, 0) is 17.6 Å². The number of hydrogen-bond donors (Lipinski definition) is 3. The smallest absolute Gasteiger partial charge is 0.225 e. The fourth-order valence-corrected chi connectivity index (χ4v) is 3.44. The largest absolute Gasteiger partial charge is 0.396 e. The number of hydrogen-bond acceptors (Lipinski definition) is 3. The molecule has 3 rings (SSSR count). The van der Waals surface area contributed by atoms with Crippen molar-refractivity contribution in [3.63, 3.8) is 0 Å². The molecule has 122 valence electrons. The van der Waals surface area contributed by atoms with Crippen LogP contribution >= 0.6 is 0 Å². The zero-order valence-corrected chi connectivity index (χ0v) is 13.6. The van der Waals surface area contributed by atoms with Gasteiger partial charge in [0, 0.05) is 23.8 Å². The molecule has 2 aromatic rings. The molecule has 1 aliphatic rings. The van der Waals surface area contributed by atoms with Crippen molar-refractivity contribution in [1.29, 1.82) is 0 Å².